The van der Waals surface area contributed by atoms with Crippen LogP contribution in [0.4, 0.5) is 0 Å². The molecule has 0 saturated heterocycles. The average Bonchev–Trinajstić information content (AvgIpc) is 2.75. The fourth-order valence-electron chi connectivity index (χ4n) is 2.97. The zero-order chi connectivity index (χ0) is 21.5. The first kappa shape index (κ1) is 21.5. The first-order valence-electron chi connectivity index (χ1n) is 9.56. The van der Waals surface area contributed by atoms with E-state index < -0.39 is 0 Å². The van der Waals surface area contributed by atoms with Crippen LogP contribution in [-0.2, 0) is 0 Å². The summed E-state index contributed by atoms with van der Waals surface area (Å²) in [6.07, 6.45) is 1.46. The standard InChI is InChI=1S/C23H23ClN2O4/c1-4-29-21-12-17(19(24)13-22(21)30-5-2)14-25-26-23(27)18-10-15-8-6-7-9-16(15)11-20(18)28-3/h6-14H,4-5H2,1-3H3,(H,26,27)/b25-14-. The van der Waals surface area contributed by atoms with E-state index in [-0.39, 0.29) is 5.91 Å². The lowest BCUT2D eigenvalue weighted by Crippen LogP contribution is -2.18. The number of ether oxygens (including phenoxy) is 3. The number of carbonyl (C=O) groups excluding carboxylic acids is 1. The number of nitrogens with one attached hydrogen (secondary N) is 1. The van der Waals surface area contributed by atoms with Crippen molar-refractivity contribution in [2.75, 3.05) is 20.3 Å². The fourth-order valence-corrected chi connectivity index (χ4v) is 3.18. The van der Waals surface area contributed by atoms with Crippen LogP contribution in [0.1, 0.15) is 29.8 Å². The molecule has 0 aliphatic carbocycles. The minimum absolute atomic E-state index is 0.388. The topological polar surface area (TPSA) is 69.2 Å². The molecule has 0 unspecified atom stereocenters. The van der Waals surface area contributed by atoms with Crippen molar-refractivity contribution in [1.82, 2.24) is 5.43 Å². The smallest absolute Gasteiger partial charge is 0.275 e. The summed E-state index contributed by atoms with van der Waals surface area (Å²) in [6.45, 7) is 4.75. The lowest BCUT2D eigenvalue weighted by Gasteiger charge is -2.12. The van der Waals surface area contributed by atoms with Crippen molar-refractivity contribution in [3.8, 4) is 17.2 Å². The average molecular weight is 427 g/mol. The summed E-state index contributed by atoms with van der Waals surface area (Å²) in [7, 11) is 1.53. The number of benzene rings is 3. The van der Waals surface area contributed by atoms with Crippen LogP contribution in [0, 0.1) is 0 Å². The van der Waals surface area contributed by atoms with Crippen molar-refractivity contribution in [2.24, 2.45) is 5.10 Å². The molecule has 6 nitrogen and oxygen atoms in total. The number of hydrazone groups is 1. The normalized spacial score (nSPS) is 10.9. The highest BCUT2D eigenvalue weighted by molar-refractivity contribution is 6.33. The zero-order valence-corrected chi connectivity index (χ0v) is 17.8. The molecule has 0 heterocycles. The van der Waals surface area contributed by atoms with Crippen molar-refractivity contribution in [1.29, 1.82) is 0 Å². The second-order valence-corrected chi connectivity index (χ2v) is 6.69. The van der Waals surface area contributed by atoms with Gasteiger partial charge in [-0.2, -0.15) is 5.10 Å². The van der Waals surface area contributed by atoms with Crippen molar-refractivity contribution in [3.05, 3.63) is 64.7 Å². The van der Waals surface area contributed by atoms with Gasteiger partial charge in [0.15, 0.2) is 11.5 Å². The molecule has 3 aromatic carbocycles. The van der Waals surface area contributed by atoms with E-state index in [0.29, 0.717) is 46.6 Å². The van der Waals surface area contributed by atoms with Crippen LogP contribution in [0.3, 0.4) is 0 Å². The van der Waals surface area contributed by atoms with Gasteiger partial charge in [0.2, 0.25) is 0 Å². The Bertz CT molecular complexity index is 1080. The van der Waals surface area contributed by atoms with Gasteiger partial charge in [0.1, 0.15) is 5.75 Å². The van der Waals surface area contributed by atoms with Gasteiger partial charge >= 0.3 is 0 Å². The summed E-state index contributed by atoms with van der Waals surface area (Å²) in [4.78, 5) is 12.7. The molecule has 0 aromatic heterocycles. The summed E-state index contributed by atoms with van der Waals surface area (Å²) >= 11 is 6.32. The maximum absolute atomic E-state index is 12.7. The summed E-state index contributed by atoms with van der Waals surface area (Å²) in [5, 5.41) is 6.40. The Hall–Kier alpha value is -3.25. The van der Waals surface area contributed by atoms with Crippen LogP contribution in [0.25, 0.3) is 10.8 Å². The Morgan fingerprint density at radius 2 is 1.63 bits per heavy atom. The third-order valence-electron chi connectivity index (χ3n) is 4.34. The molecule has 0 spiro atoms. The van der Waals surface area contributed by atoms with E-state index in [1.54, 1.807) is 18.2 Å². The first-order valence-corrected chi connectivity index (χ1v) is 9.94. The Kier molecular flexibility index (Phi) is 7.14. The Morgan fingerprint density at radius 3 is 2.27 bits per heavy atom. The molecule has 0 atom stereocenters. The number of carbonyl (C=O) groups is 1. The van der Waals surface area contributed by atoms with Crippen molar-refractivity contribution >= 4 is 34.5 Å². The van der Waals surface area contributed by atoms with Crippen LogP contribution in [-0.4, -0.2) is 32.4 Å². The highest BCUT2D eigenvalue weighted by Crippen LogP contribution is 2.33. The van der Waals surface area contributed by atoms with E-state index in [4.69, 9.17) is 25.8 Å². The number of hydrogen-bond acceptors (Lipinski definition) is 5. The number of nitrogens with zero attached hydrogens (tertiary/aromatic N) is 1. The number of hydrogen-bond donors (Lipinski definition) is 1. The summed E-state index contributed by atoms with van der Waals surface area (Å²) < 4.78 is 16.5. The molecular weight excluding hydrogens is 404 g/mol. The van der Waals surface area contributed by atoms with Crippen molar-refractivity contribution in [3.63, 3.8) is 0 Å². The predicted octanol–water partition coefficient (Wildman–Crippen LogP) is 5.06. The number of fused-ring (bicyclic) bond motifs is 1. The molecule has 1 N–H and O–H groups in total. The van der Waals surface area contributed by atoms with Gasteiger partial charge in [0.25, 0.3) is 5.91 Å². The number of methoxy groups -OCH3 is 1. The van der Waals surface area contributed by atoms with Gasteiger partial charge in [-0.3, -0.25) is 4.79 Å². The Morgan fingerprint density at radius 1 is 1.00 bits per heavy atom. The molecule has 0 radical (unpaired) electrons. The van der Waals surface area contributed by atoms with Gasteiger partial charge in [-0.1, -0.05) is 35.9 Å². The van der Waals surface area contributed by atoms with Crippen LogP contribution < -0.4 is 19.6 Å². The van der Waals surface area contributed by atoms with Gasteiger partial charge in [0.05, 0.1) is 37.1 Å². The third kappa shape index (κ3) is 4.83. The Labute approximate surface area is 180 Å². The third-order valence-corrected chi connectivity index (χ3v) is 4.67. The summed E-state index contributed by atoms with van der Waals surface area (Å²) in [6, 6.07) is 14.7. The van der Waals surface area contributed by atoms with Crippen LogP contribution in [0.2, 0.25) is 5.02 Å². The van der Waals surface area contributed by atoms with E-state index in [1.165, 1.54) is 13.3 Å². The monoisotopic (exact) mass is 426 g/mol. The van der Waals surface area contributed by atoms with Crippen molar-refractivity contribution < 1.29 is 19.0 Å². The van der Waals surface area contributed by atoms with E-state index in [9.17, 15) is 4.79 Å². The molecule has 0 bridgehead atoms. The lowest BCUT2D eigenvalue weighted by atomic mass is 10.1. The van der Waals surface area contributed by atoms with E-state index in [0.717, 1.165) is 10.8 Å². The maximum atomic E-state index is 12.7. The SMILES string of the molecule is CCOc1cc(Cl)c(/C=N\NC(=O)c2cc3ccccc3cc2OC)cc1OCC. The molecule has 3 rings (SSSR count). The van der Waals surface area contributed by atoms with Gasteiger partial charge < -0.3 is 14.2 Å². The quantitative estimate of drug-likeness (QED) is 0.403. The number of halogens is 1. The Balaban J connectivity index is 1.82. The highest BCUT2D eigenvalue weighted by atomic mass is 35.5. The second-order valence-electron chi connectivity index (χ2n) is 6.29. The second kappa shape index (κ2) is 9.98. The molecule has 0 saturated carbocycles. The van der Waals surface area contributed by atoms with E-state index >= 15 is 0 Å². The number of rotatable bonds is 8. The fraction of sp³-hybridized carbons (Fsp3) is 0.217. The largest absolute Gasteiger partial charge is 0.496 e. The molecule has 3 aromatic rings. The van der Waals surface area contributed by atoms with Crippen LogP contribution in [0.5, 0.6) is 17.2 Å². The first-order chi connectivity index (χ1) is 14.6. The van der Waals surface area contributed by atoms with Gasteiger partial charge in [-0.05, 0) is 42.8 Å². The maximum Gasteiger partial charge on any atom is 0.275 e. The van der Waals surface area contributed by atoms with Gasteiger partial charge in [-0.25, -0.2) is 5.43 Å². The molecule has 0 fully saturated rings. The van der Waals surface area contributed by atoms with E-state index in [1.807, 2.05) is 44.2 Å². The molecule has 7 heteroatoms. The molecular formula is C23H23ClN2O4. The summed E-state index contributed by atoms with van der Waals surface area (Å²) in [5.41, 5.74) is 3.51. The zero-order valence-electron chi connectivity index (χ0n) is 17.1. The lowest BCUT2D eigenvalue weighted by molar-refractivity contribution is 0.0952. The molecule has 0 aliphatic heterocycles. The van der Waals surface area contributed by atoms with Crippen LogP contribution >= 0.6 is 11.6 Å². The molecule has 0 aliphatic rings. The van der Waals surface area contributed by atoms with Crippen molar-refractivity contribution in [2.45, 2.75) is 13.8 Å². The van der Waals surface area contributed by atoms with E-state index in [2.05, 4.69) is 10.5 Å². The molecule has 30 heavy (non-hydrogen) atoms. The van der Waals surface area contributed by atoms with Crippen LogP contribution in [0.15, 0.2) is 53.6 Å². The number of amides is 1. The predicted molar refractivity (Wildman–Crippen MR) is 119 cm³/mol. The minimum Gasteiger partial charge on any atom is -0.496 e. The molecule has 156 valence electrons. The summed E-state index contributed by atoms with van der Waals surface area (Å²) in [5.74, 6) is 1.21. The highest BCUT2D eigenvalue weighted by Gasteiger charge is 2.14. The van der Waals surface area contributed by atoms with Gasteiger partial charge in [-0.15, -0.1) is 0 Å². The van der Waals surface area contributed by atoms with Gasteiger partial charge in [0, 0.05) is 11.6 Å². The minimum atomic E-state index is -0.388. The molecule has 1 amide bonds.